The molecule has 1 aromatic heterocycles. The molecule has 1 N–H and O–H groups in total. The summed E-state index contributed by atoms with van der Waals surface area (Å²) in [6, 6.07) is 10.6. The van der Waals surface area contributed by atoms with E-state index in [1.807, 2.05) is 19.2 Å². The predicted molar refractivity (Wildman–Crippen MR) is 96.4 cm³/mol. The molecular weight excluding hydrogens is 306 g/mol. The molecule has 0 amide bonds. The molecule has 1 aliphatic rings. The number of hydrogen-bond acceptors (Lipinski definition) is 3. The number of ether oxygens (including phenoxy) is 1. The van der Waals surface area contributed by atoms with Gasteiger partial charge in [0.05, 0.1) is 7.11 Å². The summed E-state index contributed by atoms with van der Waals surface area (Å²) in [5.74, 6) is 2.46. The summed E-state index contributed by atoms with van der Waals surface area (Å²) in [6.45, 7) is 2.88. The highest BCUT2D eigenvalue weighted by molar-refractivity contribution is 7.07. The van der Waals surface area contributed by atoms with Gasteiger partial charge in [0, 0.05) is 32.6 Å². The van der Waals surface area contributed by atoms with E-state index in [-0.39, 0.29) is 0 Å². The van der Waals surface area contributed by atoms with Crippen molar-refractivity contribution in [2.24, 2.45) is 4.99 Å². The van der Waals surface area contributed by atoms with E-state index in [1.54, 1.807) is 18.4 Å². The van der Waals surface area contributed by atoms with Crippen LogP contribution >= 0.6 is 11.3 Å². The van der Waals surface area contributed by atoms with Crippen molar-refractivity contribution in [3.63, 3.8) is 0 Å². The monoisotopic (exact) mass is 329 g/mol. The molecule has 1 saturated heterocycles. The van der Waals surface area contributed by atoms with E-state index in [4.69, 9.17) is 4.74 Å². The summed E-state index contributed by atoms with van der Waals surface area (Å²) in [6.07, 6.45) is 1.16. The van der Waals surface area contributed by atoms with E-state index in [9.17, 15) is 0 Å². The standard InChI is InChI=1S/C18H23N3OS/c1-19-18(20-11-14-8-10-23-13-14)21-9-7-16(12-21)15-3-5-17(22-2)6-4-15/h3-6,8,10,13,16H,7,9,11-12H2,1-2H3,(H,19,20). The predicted octanol–water partition coefficient (Wildman–Crippen LogP) is 3.32. The van der Waals surface area contributed by atoms with Crippen molar-refractivity contribution in [2.45, 2.75) is 18.9 Å². The largest absolute Gasteiger partial charge is 0.497 e. The van der Waals surface area contributed by atoms with Crippen molar-refractivity contribution in [2.75, 3.05) is 27.2 Å². The van der Waals surface area contributed by atoms with Crippen LogP contribution in [0.4, 0.5) is 0 Å². The zero-order valence-electron chi connectivity index (χ0n) is 13.7. The number of guanidine groups is 1. The quantitative estimate of drug-likeness (QED) is 0.690. The summed E-state index contributed by atoms with van der Waals surface area (Å²) < 4.78 is 5.24. The topological polar surface area (TPSA) is 36.9 Å². The fraction of sp³-hybridized carbons (Fsp3) is 0.389. The first-order valence-corrected chi connectivity index (χ1v) is 8.85. The maximum Gasteiger partial charge on any atom is 0.193 e. The Morgan fingerprint density at radius 1 is 1.35 bits per heavy atom. The minimum absolute atomic E-state index is 0.556. The fourth-order valence-electron chi connectivity index (χ4n) is 3.01. The fourth-order valence-corrected chi connectivity index (χ4v) is 3.68. The first kappa shape index (κ1) is 15.9. The number of thiophene rings is 1. The average Bonchev–Trinajstić information content (AvgIpc) is 3.27. The van der Waals surface area contributed by atoms with Gasteiger partial charge in [0.2, 0.25) is 0 Å². The summed E-state index contributed by atoms with van der Waals surface area (Å²) in [5.41, 5.74) is 2.68. The van der Waals surface area contributed by atoms with E-state index in [2.05, 4.69) is 44.2 Å². The molecule has 5 heteroatoms. The van der Waals surface area contributed by atoms with Gasteiger partial charge in [-0.2, -0.15) is 11.3 Å². The van der Waals surface area contributed by atoms with Crippen molar-refractivity contribution in [1.82, 2.24) is 10.2 Å². The molecule has 0 saturated carbocycles. The van der Waals surface area contributed by atoms with Gasteiger partial charge < -0.3 is 15.0 Å². The van der Waals surface area contributed by atoms with Crippen LogP contribution < -0.4 is 10.1 Å². The number of rotatable bonds is 4. The number of benzene rings is 1. The van der Waals surface area contributed by atoms with Gasteiger partial charge in [0.1, 0.15) is 5.75 Å². The Bertz CT molecular complexity index is 637. The first-order valence-electron chi connectivity index (χ1n) is 7.90. The van der Waals surface area contributed by atoms with Crippen molar-refractivity contribution in [3.05, 3.63) is 52.2 Å². The number of nitrogens with one attached hydrogen (secondary N) is 1. The maximum atomic E-state index is 5.24. The smallest absolute Gasteiger partial charge is 0.193 e. The van der Waals surface area contributed by atoms with Crippen LogP contribution in [0.25, 0.3) is 0 Å². The number of likely N-dealkylation sites (tertiary alicyclic amines) is 1. The van der Waals surface area contributed by atoms with E-state index in [0.717, 1.165) is 37.8 Å². The summed E-state index contributed by atoms with van der Waals surface area (Å²) in [5, 5.41) is 7.74. The van der Waals surface area contributed by atoms with E-state index >= 15 is 0 Å². The number of nitrogens with zero attached hydrogens (tertiary/aromatic N) is 2. The van der Waals surface area contributed by atoms with Gasteiger partial charge in [-0.25, -0.2) is 0 Å². The molecule has 2 heterocycles. The minimum Gasteiger partial charge on any atom is -0.497 e. The SMILES string of the molecule is CN=C(NCc1ccsc1)N1CCC(c2ccc(OC)cc2)C1. The number of aliphatic imine (C=N–C) groups is 1. The van der Waals surface area contributed by atoms with Gasteiger partial charge in [-0.15, -0.1) is 0 Å². The van der Waals surface area contributed by atoms with Crippen molar-refractivity contribution >= 4 is 17.3 Å². The number of hydrogen-bond donors (Lipinski definition) is 1. The number of methoxy groups -OCH3 is 1. The van der Waals surface area contributed by atoms with Crippen LogP contribution in [0.2, 0.25) is 0 Å². The lowest BCUT2D eigenvalue weighted by Gasteiger charge is -2.21. The highest BCUT2D eigenvalue weighted by Crippen LogP contribution is 2.28. The third-order valence-electron chi connectivity index (χ3n) is 4.32. The van der Waals surface area contributed by atoms with Crippen LogP contribution in [0.15, 0.2) is 46.1 Å². The van der Waals surface area contributed by atoms with Crippen LogP contribution in [0, 0.1) is 0 Å². The molecule has 0 aliphatic carbocycles. The minimum atomic E-state index is 0.556. The molecule has 0 spiro atoms. The molecule has 1 aromatic carbocycles. The maximum absolute atomic E-state index is 5.24. The zero-order chi connectivity index (χ0) is 16.1. The van der Waals surface area contributed by atoms with Gasteiger partial charge in [-0.1, -0.05) is 12.1 Å². The Morgan fingerprint density at radius 2 is 2.17 bits per heavy atom. The lowest BCUT2D eigenvalue weighted by atomic mass is 9.98. The summed E-state index contributed by atoms with van der Waals surface area (Å²) in [4.78, 5) is 6.79. The molecular formula is C18H23N3OS. The lowest BCUT2D eigenvalue weighted by molar-refractivity contribution is 0.414. The highest BCUT2D eigenvalue weighted by atomic mass is 32.1. The lowest BCUT2D eigenvalue weighted by Crippen LogP contribution is -2.39. The van der Waals surface area contributed by atoms with Crippen molar-refractivity contribution in [1.29, 1.82) is 0 Å². The van der Waals surface area contributed by atoms with E-state index in [0.29, 0.717) is 5.92 Å². The van der Waals surface area contributed by atoms with Crippen LogP contribution in [-0.2, 0) is 6.54 Å². The molecule has 3 rings (SSSR count). The molecule has 0 radical (unpaired) electrons. The Kier molecular flexibility index (Phi) is 5.18. The van der Waals surface area contributed by atoms with Gasteiger partial charge in [-0.3, -0.25) is 4.99 Å². The normalized spacial score (nSPS) is 18.3. The molecule has 1 unspecified atom stereocenters. The average molecular weight is 329 g/mol. The molecule has 1 atom stereocenters. The molecule has 4 nitrogen and oxygen atoms in total. The van der Waals surface area contributed by atoms with Gasteiger partial charge in [0.15, 0.2) is 5.96 Å². The summed E-state index contributed by atoms with van der Waals surface area (Å²) in [7, 11) is 3.56. The van der Waals surface area contributed by atoms with Crippen molar-refractivity contribution < 1.29 is 4.74 Å². The van der Waals surface area contributed by atoms with Crippen LogP contribution in [0.1, 0.15) is 23.5 Å². The molecule has 0 bridgehead atoms. The first-order chi connectivity index (χ1) is 11.3. The Labute approximate surface area is 141 Å². The molecule has 122 valence electrons. The van der Waals surface area contributed by atoms with Crippen molar-refractivity contribution in [3.8, 4) is 5.75 Å². The highest BCUT2D eigenvalue weighted by Gasteiger charge is 2.25. The van der Waals surface area contributed by atoms with E-state index < -0.39 is 0 Å². The second-order valence-electron chi connectivity index (χ2n) is 5.74. The zero-order valence-corrected chi connectivity index (χ0v) is 14.5. The van der Waals surface area contributed by atoms with Crippen LogP contribution in [-0.4, -0.2) is 38.1 Å². The van der Waals surface area contributed by atoms with Crippen LogP contribution in [0.5, 0.6) is 5.75 Å². The second-order valence-corrected chi connectivity index (χ2v) is 6.52. The van der Waals surface area contributed by atoms with Gasteiger partial charge >= 0.3 is 0 Å². The third-order valence-corrected chi connectivity index (χ3v) is 5.05. The molecule has 1 fully saturated rings. The second kappa shape index (κ2) is 7.51. The summed E-state index contributed by atoms with van der Waals surface area (Å²) >= 11 is 1.73. The van der Waals surface area contributed by atoms with Gasteiger partial charge in [-0.05, 0) is 46.5 Å². The van der Waals surface area contributed by atoms with E-state index in [1.165, 1.54) is 11.1 Å². The Morgan fingerprint density at radius 3 is 2.83 bits per heavy atom. The molecule has 1 aliphatic heterocycles. The molecule has 2 aromatic rings. The van der Waals surface area contributed by atoms with Crippen LogP contribution in [0.3, 0.4) is 0 Å². The third kappa shape index (κ3) is 3.85. The Balaban J connectivity index is 1.58. The van der Waals surface area contributed by atoms with Gasteiger partial charge in [0.25, 0.3) is 0 Å². The molecule has 23 heavy (non-hydrogen) atoms. The Hall–Kier alpha value is -2.01.